The molecule has 28 heavy (non-hydrogen) atoms. The van der Waals surface area contributed by atoms with Crippen molar-refractivity contribution in [3.05, 3.63) is 46.9 Å². The number of benzene rings is 1. The normalized spacial score (nSPS) is 19.9. The first kappa shape index (κ1) is 18.7. The number of nitrogens with two attached hydrogens (primary N) is 1. The van der Waals surface area contributed by atoms with Crippen LogP contribution in [0, 0.1) is 5.82 Å². The maximum Gasteiger partial charge on any atom is 0.250 e. The molecule has 0 unspecified atom stereocenters. The van der Waals surface area contributed by atoms with E-state index in [0.29, 0.717) is 24.2 Å². The van der Waals surface area contributed by atoms with Crippen molar-refractivity contribution in [2.75, 3.05) is 13.1 Å². The third-order valence-electron chi connectivity index (χ3n) is 6.19. The molecule has 1 atom stereocenters. The number of likely N-dealkylation sites (tertiary alicyclic amines) is 1. The second kappa shape index (κ2) is 7.41. The van der Waals surface area contributed by atoms with E-state index in [1.165, 1.54) is 12.1 Å². The van der Waals surface area contributed by atoms with Crippen molar-refractivity contribution in [3.63, 3.8) is 0 Å². The Bertz CT molecular complexity index is 963. The molecular weight excluding hydrogens is 357 g/mol. The highest BCUT2D eigenvalue weighted by molar-refractivity contribution is 6.07. The van der Waals surface area contributed by atoms with E-state index in [1.807, 2.05) is 0 Å². The standard InChI is InChI=1S/C22H26FN3O2/c1-2-18(27)26-10-6-7-13(12-26)19-16(23)11-15(22(24)28)21-20(19)14-8-4-3-5-9-17(14)25-21/h2,11,13,25H,1,3-10,12H2,(H2,24,28)/t13-/m0/s1. The minimum atomic E-state index is -0.626. The highest BCUT2D eigenvalue weighted by Crippen LogP contribution is 2.40. The van der Waals surface area contributed by atoms with Gasteiger partial charge in [-0.25, -0.2) is 4.39 Å². The molecule has 3 N–H and O–H groups in total. The fourth-order valence-corrected chi connectivity index (χ4v) is 4.89. The smallest absolute Gasteiger partial charge is 0.250 e. The van der Waals surface area contributed by atoms with Gasteiger partial charge in [0.1, 0.15) is 5.82 Å². The van der Waals surface area contributed by atoms with Gasteiger partial charge in [0, 0.05) is 35.7 Å². The van der Waals surface area contributed by atoms with Crippen LogP contribution < -0.4 is 5.73 Å². The van der Waals surface area contributed by atoms with Gasteiger partial charge in [-0.2, -0.15) is 0 Å². The third-order valence-corrected chi connectivity index (χ3v) is 6.19. The van der Waals surface area contributed by atoms with Gasteiger partial charge in [0.05, 0.1) is 11.1 Å². The number of hydrogen-bond acceptors (Lipinski definition) is 2. The number of fused-ring (bicyclic) bond motifs is 3. The van der Waals surface area contributed by atoms with Gasteiger partial charge in [-0.3, -0.25) is 9.59 Å². The Morgan fingerprint density at radius 2 is 2.04 bits per heavy atom. The molecule has 1 saturated heterocycles. The molecule has 1 aromatic heterocycles. The molecule has 0 radical (unpaired) electrons. The number of piperidine rings is 1. The summed E-state index contributed by atoms with van der Waals surface area (Å²) in [4.78, 5) is 29.2. The second-order valence-electron chi connectivity index (χ2n) is 7.90. The van der Waals surface area contributed by atoms with Crippen molar-refractivity contribution in [2.45, 2.75) is 50.9 Å². The molecule has 0 bridgehead atoms. The average molecular weight is 383 g/mol. The summed E-state index contributed by atoms with van der Waals surface area (Å²) < 4.78 is 15.3. The van der Waals surface area contributed by atoms with E-state index < -0.39 is 11.7 Å². The van der Waals surface area contributed by atoms with Gasteiger partial charge in [0.2, 0.25) is 5.91 Å². The molecule has 0 spiro atoms. The predicted molar refractivity (Wildman–Crippen MR) is 107 cm³/mol. The van der Waals surface area contributed by atoms with Crippen LogP contribution in [0.2, 0.25) is 0 Å². The van der Waals surface area contributed by atoms with E-state index in [4.69, 9.17) is 5.73 Å². The van der Waals surface area contributed by atoms with Gasteiger partial charge in [-0.1, -0.05) is 13.0 Å². The lowest BCUT2D eigenvalue weighted by molar-refractivity contribution is -0.127. The summed E-state index contributed by atoms with van der Waals surface area (Å²) >= 11 is 0. The summed E-state index contributed by atoms with van der Waals surface area (Å²) in [6.07, 6.45) is 7.97. The molecule has 0 saturated carbocycles. The van der Waals surface area contributed by atoms with Crippen LogP contribution in [0.3, 0.4) is 0 Å². The molecule has 1 fully saturated rings. The number of nitrogens with one attached hydrogen (secondary N) is 1. The minimum Gasteiger partial charge on any atom is -0.366 e. The zero-order valence-electron chi connectivity index (χ0n) is 16.0. The summed E-state index contributed by atoms with van der Waals surface area (Å²) in [5, 5.41) is 0.823. The number of halogens is 1. The topological polar surface area (TPSA) is 79.2 Å². The fraction of sp³-hybridized carbons (Fsp3) is 0.455. The van der Waals surface area contributed by atoms with Crippen molar-refractivity contribution in [1.82, 2.24) is 9.88 Å². The molecule has 6 heteroatoms. The van der Waals surface area contributed by atoms with Crippen molar-refractivity contribution >= 4 is 22.7 Å². The first-order chi connectivity index (χ1) is 13.5. The molecule has 148 valence electrons. The summed E-state index contributed by atoms with van der Waals surface area (Å²) in [6, 6.07) is 1.27. The zero-order chi connectivity index (χ0) is 19.8. The zero-order valence-corrected chi connectivity index (χ0v) is 16.0. The number of aromatic nitrogens is 1. The van der Waals surface area contributed by atoms with Crippen LogP contribution in [-0.2, 0) is 17.6 Å². The van der Waals surface area contributed by atoms with E-state index in [-0.39, 0.29) is 17.4 Å². The quantitative estimate of drug-likeness (QED) is 0.628. The number of rotatable bonds is 3. The van der Waals surface area contributed by atoms with Crippen molar-refractivity contribution < 1.29 is 14.0 Å². The number of hydrogen-bond donors (Lipinski definition) is 2. The molecule has 4 rings (SSSR count). The number of nitrogens with zero attached hydrogens (tertiary/aromatic N) is 1. The monoisotopic (exact) mass is 383 g/mol. The van der Waals surface area contributed by atoms with E-state index in [1.54, 1.807) is 4.90 Å². The molecule has 2 aromatic rings. The maximum atomic E-state index is 15.3. The van der Waals surface area contributed by atoms with Crippen LogP contribution in [0.15, 0.2) is 18.7 Å². The number of carbonyl (C=O) groups is 2. The first-order valence-corrected chi connectivity index (χ1v) is 10.1. The van der Waals surface area contributed by atoms with Gasteiger partial charge < -0.3 is 15.6 Å². The fourth-order valence-electron chi connectivity index (χ4n) is 4.89. The molecule has 1 aliphatic carbocycles. The van der Waals surface area contributed by atoms with E-state index in [0.717, 1.165) is 61.6 Å². The lowest BCUT2D eigenvalue weighted by atomic mass is 9.85. The number of H-pyrrole nitrogens is 1. The first-order valence-electron chi connectivity index (χ1n) is 10.1. The van der Waals surface area contributed by atoms with Gasteiger partial charge in [-0.15, -0.1) is 0 Å². The Morgan fingerprint density at radius 1 is 1.25 bits per heavy atom. The highest BCUT2D eigenvalue weighted by atomic mass is 19.1. The van der Waals surface area contributed by atoms with Crippen molar-refractivity contribution in [2.24, 2.45) is 5.73 Å². The van der Waals surface area contributed by atoms with E-state index in [9.17, 15) is 9.59 Å². The summed E-state index contributed by atoms with van der Waals surface area (Å²) in [6.45, 7) is 4.70. The largest absolute Gasteiger partial charge is 0.366 e. The van der Waals surface area contributed by atoms with E-state index in [2.05, 4.69) is 11.6 Å². The van der Waals surface area contributed by atoms with Gasteiger partial charge in [0.25, 0.3) is 5.91 Å². The Labute approximate surface area is 163 Å². The maximum absolute atomic E-state index is 15.3. The van der Waals surface area contributed by atoms with Crippen molar-refractivity contribution in [3.8, 4) is 0 Å². The van der Waals surface area contributed by atoms with Gasteiger partial charge >= 0.3 is 0 Å². The van der Waals surface area contributed by atoms with E-state index >= 15 is 4.39 Å². The van der Waals surface area contributed by atoms with Crippen LogP contribution >= 0.6 is 0 Å². The van der Waals surface area contributed by atoms with Crippen molar-refractivity contribution in [1.29, 1.82) is 0 Å². The van der Waals surface area contributed by atoms with Crippen LogP contribution in [0.4, 0.5) is 4.39 Å². The Hall–Kier alpha value is -2.63. The van der Waals surface area contributed by atoms with Crippen LogP contribution in [0.25, 0.3) is 10.9 Å². The number of aromatic amines is 1. The molecule has 2 amide bonds. The molecular formula is C22H26FN3O2. The Morgan fingerprint density at radius 3 is 2.79 bits per heavy atom. The third kappa shape index (κ3) is 3.11. The Balaban J connectivity index is 1.90. The Kier molecular flexibility index (Phi) is 4.96. The van der Waals surface area contributed by atoms with Crippen LogP contribution in [0.1, 0.15) is 65.2 Å². The molecule has 1 aliphatic heterocycles. The predicted octanol–water partition coefficient (Wildman–Crippen LogP) is 3.57. The van der Waals surface area contributed by atoms with Crippen LogP contribution in [-0.4, -0.2) is 34.8 Å². The molecule has 1 aromatic carbocycles. The molecule has 5 nitrogen and oxygen atoms in total. The van der Waals surface area contributed by atoms with Crippen LogP contribution in [0.5, 0.6) is 0 Å². The molecule has 2 aliphatic rings. The van der Waals surface area contributed by atoms with Gasteiger partial charge in [0.15, 0.2) is 0 Å². The number of amides is 2. The van der Waals surface area contributed by atoms with Gasteiger partial charge in [-0.05, 0) is 56.2 Å². The number of carbonyl (C=O) groups excluding carboxylic acids is 2. The lowest BCUT2D eigenvalue weighted by Gasteiger charge is -2.33. The number of aryl methyl sites for hydroxylation is 2. The second-order valence-corrected chi connectivity index (χ2v) is 7.90. The SMILES string of the molecule is C=CC(=O)N1CCC[C@H](c2c(F)cc(C(N)=O)c3[nH]c4c(c23)CCCCC4)C1. The molecule has 2 heterocycles. The minimum absolute atomic E-state index is 0.106. The summed E-state index contributed by atoms with van der Waals surface area (Å²) in [7, 11) is 0. The summed E-state index contributed by atoms with van der Waals surface area (Å²) in [5.74, 6) is -1.25. The summed E-state index contributed by atoms with van der Waals surface area (Å²) in [5.41, 5.74) is 9.26. The highest BCUT2D eigenvalue weighted by Gasteiger charge is 2.31. The lowest BCUT2D eigenvalue weighted by Crippen LogP contribution is -2.38. The average Bonchev–Trinajstić information content (AvgIpc) is 2.88. The number of primary amides is 1.